The van der Waals surface area contributed by atoms with Crippen LogP contribution in [0.1, 0.15) is 35.7 Å². The highest BCUT2D eigenvalue weighted by molar-refractivity contribution is 6.40. The number of nitrogens with zero attached hydrogens (tertiary/aromatic N) is 4. The number of carbonyl (C=O) groups is 1. The van der Waals surface area contributed by atoms with Gasteiger partial charge in [-0.3, -0.25) is 9.48 Å². The molecule has 1 unspecified atom stereocenters. The standard InChI is InChI=1S/C21H23Cl2N7O2/c1-32-20-15(19(31)28-18-16(22)5-2-6-17(18)23)11-25-21(29-20)27-13-10-26-30(12-13)14-4-3-8-24-9-7-14/h2,5-6,10-12,14,24H,3-4,7-9H2,1H3,(H,28,31)(H,25,27,29). The third-order valence-electron chi connectivity index (χ3n) is 5.17. The van der Waals surface area contributed by atoms with Crippen molar-refractivity contribution in [3.8, 4) is 5.88 Å². The van der Waals surface area contributed by atoms with Gasteiger partial charge in [-0.15, -0.1) is 0 Å². The average molecular weight is 476 g/mol. The molecule has 1 aliphatic heterocycles. The number of carbonyl (C=O) groups excluding carboxylic acids is 1. The van der Waals surface area contributed by atoms with Crippen molar-refractivity contribution < 1.29 is 9.53 Å². The van der Waals surface area contributed by atoms with Gasteiger partial charge in [-0.05, 0) is 44.5 Å². The lowest BCUT2D eigenvalue weighted by atomic mass is 10.1. The molecule has 9 nitrogen and oxygen atoms in total. The van der Waals surface area contributed by atoms with Crippen molar-refractivity contribution in [3.05, 3.63) is 52.4 Å². The van der Waals surface area contributed by atoms with Gasteiger partial charge in [0.2, 0.25) is 11.8 Å². The minimum atomic E-state index is -0.488. The van der Waals surface area contributed by atoms with E-state index in [1.807, 2.05) is 10.9 Å². The highest BCUT2D eigenvalue weighted by atomic mass is 35.5. The largest absolute Gasteiger partial charge is 0.480 e. The molecular formula is C21H23Cl2N7O2. The van der Waals surface area contributed by atoms with Gasteiger partial charge in [-0.1, -0.05) is 29.3 Å². The summed E-state index contributed by atoms with van der Waals surface area (Å²) in [5.74, 6) is -0.0835. The molecule has 1 atom stereocenters. The quantitative estimate of drug-likeness (QED) is 0.487. The van der Waals surface area contributed by atoms with Gasteiger partial charge in [0.1, 0.15) is 5.56 Å². The Hall–Kier alpha value is -2.88. The van der Waals surface area contributed by atoms with Gasteiger partial charge in [0.25, 0.3) is 5.91 Å². The zero-order chi connectivity index (χ0) is 22.5. The number of benzene rings is 1. The SMILES string of the molecule is COc1nc(Nc2cnn(C3CCCNCC3)c2)ncc1C(=O)Nc1c(Cl)cccc1Cl. The lowest BCUT2D eigenvalue weighted by Gasteiger charge is -2.14. The maximum Gasteiger partial charge on any atom is 0.262 e. The number of hydrogen-bond donors (Lipinski definition) is 3. The number of rotatable bonds is 6. The van der Waals surface area contributed by atoms with E-state index in [4.69, 9.17) is 27.9 Å². The summed E-state index contributed by atoms with van der Waals surface area (Å²) < 4.78 is 7.29. The van der Waals surface area contributed by atoms with Crippen LogP contribution >= 0.6 is 23.2 Å². The Morgan fingerprint density at radius 2 is 2.03 bits per heavy atom. The topological polar surface area (TPSA) is 106 Å². The van der Waals surface area contributed by atoms with Crippen LogP contribution in [0.5, 0.6) is 5.88 Å². The Bertz CT molecular complexity index is 1080. The Labute approximate surface area is 195 Å². The first-order chi connectivity index (χ1) is 15.5. The summed E-state index contributed by atoms with van der Waals surface area (Å²) in [5.41, 5.74) is 1.21. The Morgan fingerprint density at radius 1 is 1.22 bits per heavy atom. The molecule has 1 saturated heterocycles. The zero-order valence-electron chi connectivity index (χ0n) is 17.4. The lowest BCUT2D eigenvalue weighted by molar-refractivity contribution is 0.102. The fourth-order valence-corrected chi connectivity index (χ4v) is 4.02. The molecule has 3 N–H and O–H groups in total. The summed E-state index contributed by atoms with van der Waals surface area (Å²) in [6.45, 7) is 2.02. The average Bonchev–Trinajstić information content (AvgIpc) is 3.08. The third-order valence-corrected chi connectivity index (χ3v) is 5.80. The molecule has 1 fully saturated rings. The van der Waals surface area contributed by atoms with E-state index in [2.05, 4.69) is 31.0 Å². The van der Waals surface area contributed by atoms with Crippen LogP contribution in [0.3, 0.4) is 0 Å². The molecule has 0 aliphatic carbocycles. The van der Waals surface area contributed by atoms with Crippen LogP contribution in [-0.4, -0.2) is 45.9 Å². The van der Waals surface area contributed by atoms with E-state index in [1.54, 1.807) is 24.4 Å². The second kappa shape index (κ2) is 10.2. The fraction of sp³-hybridized carbons (Fsp3) is 0.333. The third kappa shape index (κ3) is 5.12. The summed E-state index contributed by atoms with van der Waals surface area (Å²) in [5, 5.41) is 14.3. The molecule has 32 heavy (non-hydrogen) atoms. The number of hydrogen-bond acceptors (Lipinski definition) is 7. The maximum atomic E-state index is 12.7. The number of aromatic nitrogens is 4. The van der Waals surface area contributed by atoms with Crippen molar-refractivity contribution in [1.82, 2.24) is 25.1 Å². The smallest absolute Gasteiger partial charge is 0.262 e. The summed E-state index contributed by atoms with van der Waals surface area (Å²) in [6.07, 6.45) is 8.29. The van der Waals surface area contributed by atoms with Crippen molar-refractivity contribution in [3.63, 3.8) is 0 Å². The molecule has 3 heterocycles. The Morgan fingerprint density at radius 3 is 2.81 bits per heavy atom. The monoisotopic (exact) mass is 475 g/mol. The van der Waals surface area contributed by atoms with Crippen molar-refractivity contribution in [2.45, 2.75) is 25.3 Å². The number of para-hydroxylation sites is 1. The first kappa shape index (κ1) is 22.3. The van der Waals surface area contributed by atoms with Crippen molar-refractivity contribution >= 4 is 46.4 Å². The molecule has 2 aromatic heterocycles. The van der Waals surface area contributed by atoms with E-state index in [-0.39, 0.29) is 17.4 Å². The lowest BCUT2D eigenvalue weighted by Crippen LogP contribution is -2.15. The van der Waals surface area contributed by atoms with Crippen LogP contribution in [0.4, 0.5) is 17.3 Å². The van der Waals surface area contributed by atoms with Crippen molar-refractivity contribution in [2.75, 3.05) is 30.8 Å². The van der Waals surface area contributed by atoms with E-state index in [9.17, 15) is 4.79 Å². The van der Waals surface area contributed by atoms with Crippen LogP contribution < -0.4 is 20.7 Å². The molecule has 1 aromatic carbocycles. The van der Waals surface area contributed by atoms with E-state index in [1.165, 1.54) is 13.3 Å². The second-order valence-corrected chi connectivity index (χ2v) is 8.15. The second-order valence-electron chi connectivity index (χ2n) is 7.34. The minimum Gasteiger partial charge on any atom is -0.480 e. The number of nitrogens with one attached hydrogen (secondary N) is 3. The number of halogens is 2. The molecule has 1 aliphatic rings. The zero-order valence-corrected chi connectivity index (χ0v) is 19.0. The molecule has 0 radical (unpaired) electrons. The Kier molecular flexibility index (Phi) is 7.09. The normalized spacial score (nSPS) is 16.3. The molecule has 4 rings (SSSR count). The van der Waals surface area contributed by atoms with Gasteiger partial charge in [-0.25, -0.2) is 4.98 Å². The highest BCUT2D eigenvalue weighted by Crippen LogP contribution is 2.31. The van der Waals surface area contributed by atoms with Gasteiger partial charge in [-0.2, -0.15) is 10.1 Å². The van der Waals surface area contributed by atoms with Gasteiger partial charge < -0.3 is 20.7 Å². The number of amides is 1. The van der Waals surface area contributed by atoms with Crippen molar-refractivity contribution in [2.24, 2.45) is 0 Å². The Balaban J connectivity index is 1.48. The van der Waals surface area contributed by atoms with Crippen LogP contribution in [0.25, 0.3) is 0 Å². The predicted molar refractivity (Wildman–Crippen MR) is 124 cm³/mol. The van der Waals surface area contributed by atoms with E-state index >= 15 is 0 Å². The molecule has 1 amide bonds. The fourth-order valence-electron chi connectivity index (χ4n) is 3.53. The van der Waals surface area contributed by atoms with E-state index < -0.39 is 5.91 Å². The molecule has 11 heteroatoms. The van der Waals surface area contributed by atoms with Gasteiger partial charge in [0, 0.05) is 12.4 Å². The number of methoxy groups -OCH3 is 1. The molecule has 3 aromatic rings. The first-order valence-corrected chi connectivity index (χ1v) is 11.0. The summed E-state index contributed by atoms with van der Waals surface area (Å²) >= 11 is 12.3. The van der Waals surface area contributed by atoms with E-state index in [0.29, 0.717) is 21.8 Å². The van der Waals surface area contributed by atoms with Gasteiger partial charge in [0.15, 0.2) is 0 Å². The molecule has 0 spiro atoms. The minimum absolute atomic E-state index is 0.116. The maximum absolute atomic E-state index is 12.7. The summed E-state index contributed by atoms with van der Waals surface area (Å²) in [4.78, 5) is 21.3. The number of anilines is 3. The molecule has 0 bridgehead atoms. The van der Waals surface area contributed by atoms with E-state index in [0.717, 1.165) is 38.0 Å². The molecular weight excluding hydrogens is 453 g/mol. The van der Waals surface area contributed by atoms with Crippen LogP contribution in [0.15, 0.2) is 36.8 Å². The highest BCUT2D eigenvalue weighted by Gasteiger charge is 2.19. The van der Waals surface area contributed by atoms with Crippen LogP contribution in [-0.2, 0) is 0 Å². The van der Waals surface area contributed by atoms with Crippen LogP contribution in [0.2, 0.25) is 10.0 Å². The summed E-state index contributed by atoms with van der Waals surface area (Å²) in [7, 11) is 1.43. The van der Waals surface area contributed by atoms with Crippen molar-refractivity contribution in [1.29, 1.82) is 0 Å². The predicted octanol–water partition coefficient (Wildman–Crippen LogP) is 4.30. The summed E-state index contributed by atoms with van der Waals surface area (Å²) in [6, 6.07) is 5.32. The van der Waals surface area contributed by atoms with Gasteiger partial charge >= 0.3 is 0 Å². The van der Waals surface area contributed by atoms with Crippen LogP contribution in [0, 0.1) is 0 Å². The first-order valence-electron chi connectivity index (χ1n) is 10.2. The molecule has 168 valence electrons. The molecule has 0 saturated carbocycles. The van der Waals surface area contributed by atoms with Gasteiger partial charge in [0.05, 0.1) is 40.8 Å². The number of ether oxygens (including phenoxy) is 1.